The Morgan fingerprint density at radius 2 is 1.92 bits per heavy atom. The van der Waals surface area contributed by atoms with Gasteiger partial charge in [-0.3, -0.25) is 15.0 Å². The van der Waals surface area contributed by atoms with Crippen LogP contribution in [0.25, 0.3) is 10.9 Å². The van der Waals surface area contributed by atoms with Crippen molar-refractivity contribution in [2.75, 3.05) is 20.2 Å². The number of nitrogens with one attached hydrogen (secondary N) is 1. The van der Waals surface area contributed by atoms with E-state index in [-0.39, 0.29) is 10.6 Å². The summed E-state index contributed by atoms with van der Waals surface area (Å²) in [6.45, 7) is 2.14. The first-order chi connectivity index (χ1) is 17.4. The highest BCUT2D eigenvalue weighted by Crippen LogP contribution is 2.52. The van der Waals surface area contributed by atoms with Gasteiger partial charge in [-0.25, -0.2) is 0 Å². The number of rotatable bonds is 5. The minimum absolute atomic E-state index is 0.0651. The van der Waals surface area contributed by atoms with Crippen LogP contribution in [0.1, 0.15) is 28.8 Å². The smallest absolute Gasteiger partial charge is 0.270 e. The normalized spacial score (nSPS) is 23.7. The summed E-state index contributed by atoms with van der Waals surface area (Å²) in [5, 5.41) is 24.9. The Bertz CT molecular complexity index is 1450. The van der Waals surface area contributed by atoms with E-state index in [2.05, 4.69) is 34.1 Å². The zero-order valence-electron chi connectivity index (χ0n) is 20.2. The van der Waals surface area contributed by atoms with Crippen molar-refractivity contribution in [1.82, 2.24) is 9.88 Å². The summed E-state index contributed by atoms with van der Waals surface area (Å²) in [5.41, 5.74) is 3.69. The molecule has 4 aromatic rings. The van der Waals surface area contributed by atoms with Gasteiger partial charge in [-0.1, -0.05) is 42.5 Å². The van der Waals surface area contributed by atoms with Gasteiger partial charge in [0, 0.05) is 60.1 Å². The molecule has 0 saturated carbocycles. The van der Waals surface area contributed by atoms with E-state index in [1.54, 1.807) is 19.2 Å². The van der Waals surface area contributed by atoms with Crippen molar-refractivity contribution in [3.63, 3.8) is 0 Å². The van der Waals surface area contributed by atoms with Crippen LogP contribution >= 0.6 is 0 Å². The molecule has 2 N–H and O–H groups in total. The van der Waals surface area contributed by atoms with Crippen LogP contribution in [0.2, 0.25) is 0 Å². The van der Waals surface area contributed by atoms with Crippen molar-refractivity contribution < 1.29 is 14.8 Å². The van der Waals surface area contributed by atoms with Gasteiger partial charge in [0.05, 0.1) is 17.6 Å². The fourth-order valence-corrected chi connectivity index (χ4v) is 6.42. The summed E-state index contributed by atoms with van der Waals surface area (Å²) < 4.78 is 5.54. The molecule has 3 aromatic carbocycles. The third kappa shape index (κ3) is 3.58. The Morgan fingerprint density at radius 1 is 1.08 bits per heavy atom. The monoisotopic (exact) mass is 483 g/mol. The van der Waals surface area contributed by atoms with E-state index in [1.165, 1.54) is 11.6 Å². The largest absolute Gasteiger partial charge is 0.497 e. The molecule has 2 heterocycles. The average molecular weight is 484 g/mol. The number of benzene rings is 3. The predicted octanol–water partition coefficient (Wildman–Crippen LogP) is 4.76. The minimum Gasteiger partial charge on any atom is -0.497 e. The van der Waals surface area contributed by atoms with Crippen LogP contribution in [0.4, 0.5) is 5.69 Å². The van der Waals surface area contributed by atoms with E-state index < -0.39 is 11.0 Å². The lowest BCUT2D eigenvalue weighted by Gasteiger charge is -2.56. The number of nitro groups is 1. The number of hydrogen-bond acceptors (Lipinski definition) is 5. The van der Waals surface area contributed by atoms with E-state index >= 15 is 0 Å². The molecule has 1 saturated heterocycles. The number of H-pyrrole nitrogens is 1. The van der Waals surface area contributed by atoms with Crippen molar-refractivity contribution in [3.8, 4) is 5.75 Å². The van der Waals surface area contributed by atoms with Crippen LogP contribution < -0.4 is 4.74 Å². The molecular weight excluding hydrogens is 454 g/mol. The number of fused-ring (bicyclic) bond motifs is 4. The molecule has 1 aromatic heterocycles. The molecule has 0 bridgehead atoms. The standard InChI is InChI=1S/C29H29N3O4/c1-36-23-9-5-8-21(14-23)28-12-13-31(18-20-6-3-2-4-7-20)19-29(28,33)16-25-24-15-22(32(34)35)10-11-26(24)30-27(25)17-28/h2-11,14-15,30,33H,12-13,16-19H2,1H3. The Kier molecular flexibility index (Phi) is 5.35. The first kappa shape index (κ1) is 22.8. The van der Waals surface area contributed by atoms with E-state index in [1.807, 2.05) is 30.3 Å². The Balaban J connectivity index is 1.46. The third-order valence-corrected chi connectivity index (χ3v) is 8.24. The van der Waals surface area contributed by atoms with Crippen LogP contribution in [0, 0.1) is 10.1 Å². The molecule has 36 heavy (non-hydrogen) atoms. The predicted molar refractivity (Wildman–Crippen MR) is 138 cm³/mol. The first-order valence-electron chi connectivity index (χ1n) is 12.3. The molecule has 0 spiro atoms. The zero-order valence-corrected chi connectivity index (χ0v) is 20.2. The number of piperidine rings is 1. The number of aromatic nitrogens is 1. The number of β-amino-alcohol motifs (C(OH)–C–C–N with tert-alkyl or cyclic N) is 1. The molecule has 184 valence electrons. The van der Waals surface area contributed by atoms with Gasteiger partial charge in [0.15, 0.2) is 0 Å². The van der Waals surface area contributed by atoms with Crippen molar-refractivity contribution in [2.24, 2.45) is 0 Å². The Labute approximate surface area is 209 Å². The summed E-state index contributed by atoms with van der Waals surface area (Å²) in [5.74, 6) is 0.772. The lowest BCUT2D eigenvalue weighted by molar-refractivity contribution is -0.384. The number of non-ortho nitro benzene ring substituents is 1. The molecule has 6 rings (SSSR count). The molecule has 7 nitrogen and oxygen atoms in total. The van der Waals surface area contributed by atoms with Gasteiger partial charge in [-0.05, 0) is 47.9 Å². The number of hydrogen-bond donors (Lipinski definition) is 2. The van der Waals surface area contributed by atoms with Crippen LogP contribution in [0.5, 0.6) is 5.75 Å². The van der Waals surface area contributed by atoms with Crippen molar-refractivity contribution in [2.45, 2.75) is 36.8 Å². The summed E-state index contributed by atoms with van der Waals surface area (Å²) in [6.07, 6.45) is 1.85. The molecule has 1 aliphatic carbocycles. The SMILES string of the molecule is COc1cccc(C23CCN(Cc4ccccc4)CC2(O)Cc2c([nH]c4ccc([N+](=O)[O-])cc24)C3)c1. The number of methoxy groups -OCH3 is 1. The van der Waals surface area contributed by atoms with Gasteiger partial charge in [0.1, 0.15) is 5.75 Å². The quantitative estimate of drug-likeness (QED) is 0.316. The Morgan fingerprint density at radius 3 is 2.69 bits per heavy atom. The number of nitrogens with zero attached hydrogens (tertiary/aromatic N) is 2. The van der Waals surface area contributed by atoms with Crippen LogP contribution in [0.15, 0.2) is 72.8 Å². The van der Waals surface area contributed by atoms with Crippen LogP contribution in [0.3, 0.4) is 0 Å². The van der Waals surface area contributed by atoms with Gasteiger partial charge in [0.2, 0.25) is 0 Å². The molecule has 2 atom stereocenters. The topological polar surface area (TPSA) is 91.6 Å². The van der Waals surface area contributed by atoms with Crippen molar-refractivity contribution >= 4 is 16.6 Å². The van der Waals surface area contributed by atoms with Crippen LogP contribution in [-0.4, -0.2) is 45.7 Å². The van der Waals surface area contributed by atoms with Gasteiger partial charge < -0.3 is 14.8 Å². The second-order valence-corrected chi connectivity index (χ2v) is 10.2. The van der Waals surface area contributed by atoms with E-state index in [4.69, 9.17) is 4.74 Å². The highest BCUT2D eigenvalue weighted by atomic mass is 16.6. The van der Waals surface area contributed by atoms with E-state index in [0.29, 0.717) is 19.4 Å². The molecule has 2 unspecified atom stereocenters. The second kappa shape index (κ2) is 8.47. The number of aromatic amines is 1. The summed E-state index contributed by atoms with van der Waals surface area (Å²) in [6, 6.07) is 23.3. The molecule has 2 aliphatic rings. The van der Waals surface area contributed by atoms with Gasteiger partial charge >= 0.3 is 0 Å². The molecule has 1 aliphatic heterocycles. The molecular formula is C29H29N3O4. The fourth-order valence-electron chi connectivity index (χ4n) is 6.42. The lowest BCUT2D eigenvalue weighted by atomic mass is 9.56. The summed E-state index contributed by atoms with van der Waals surface area (Å²) in [4.78, 5) is 17.0. The number of likely N-dealkylation sites (tertiary alicyclic amines) is 1. The zero-order chi connectivity index (χ0) is 24.9. The number of nitro benzene ring substituents is 1. The summed E-state index contributed by atoms with van der Waals surface area (Å²) in [7, 11) is 1.66. The van der Waals surface area contributed by atoms with Crippen LogP contribution in [-0.2, 0) is 24.8 Å². The molecule has 7 heteroatoms. The third-order valence-electron chi connectivity index (χ3n) is 8.24. The van der Waals surface area contributed by atoms with E-state index in [0.717, 1.165) is 53.0 Å². The first-order valence-corrected chi connectivity index (χ1v) is 12.3. The van der Waals surface area contributed by atoms with Gasteiger partial charge in [-0.15, -0.1) is 0 Å². The highest BCUT2D eigenvalue weighted by molar-refractivity contribution is 5.87. The molecule has 1 fully saturated rings. The molecule has 0 amide bonds. The van der Waals surface area contributed by atoms with Gasteiger partial charge in [-0.2, -0.15) is 0 Å². The Hall–Kier alpha value is -3.68. The number of aliphatic hydroxyl groups is 1. The highest BCUT2D eigenvalue weighted by Gasteiger charge is 2.57. The lowest BCUT2D eigenvalue weighted by Crippen LogP contribution is -2.66. The second-order valence-electron chi connectivity index (χ2n) is 10.2. The van der Waals surface area contributed by atoms with Gasteiger partial charge in [0.25, 0.3) is 5.69 Å². The maximum atomic E-state index is 12.6. The average Bonchev–Trinajstić information content (AvgIpc) is 3.23. The summed E-state index contributed by atoms with van der Waals surface area (Å²) >= 11 is 0. The fraction of sp³-hybridized carbons (Fsp3) is 0.310. The van der Waals surface area contributed by atoms with Crippen molar-refractivity contribution in [1.29, 1.82) is 0 Å². The maximum Gasteiger partial charge on any atom is 0.270 e. The maximum absolute atomic E-state index is 12.6. The molecule has 0 radical (unpaired) electrons. The van der Waals surface area contributed by atoms with Crippen molar-refractivity contribution in [3.05, 3.63) is 105 Å². The minimum atomic E-state index is -1.06. The van der Waals surface area contributed by atoms with E-state index in [9.17, 15) is 15.2 Å². The number of ether oxygens (including phenoxy) is 1.